The highest BCUT2D eigenvalue weighted by Crippen LogP contribution is 2.32. The zero-order valence-corrected chi connectivity index (χ0v) is 9.66. The van der Waals surface area contributed by atoms with Crippen molar-refractivity contribution >= 4 is 38.4 Å². The van der Waals surface area contributed by atoms with E-state index in [1.54, 1.807) is 0 Å². The fourth-order valence-corrected chi connectivity index (χ4v) is 2.18. The Morgan fingerprint density at radius 1 is 1.43 bits per heavy atom. The molecule has 0 radical (unpaired) electrons. The van der Waals surface area contributed by atoms with Gasteiger partial charge in [-0.15, -0.1) is 0 Å². The zero-order valence-electron chi connectivity index (χ0n) is 7.31. The molecule has 0 aliphatic carbocycles. The molecule has 0 spiro atoms. The van der Waals surface area contributed by atoms with Gasteiger partial charge in [-0.3, -0.25) is 4.98 Å². The van der Waals surface area contributed by atoms with Crippen LogP contribution in [0.3, 0.4) is 0 Å². The second-order valence-corrected chi connectivity index (χ2v) is 4.24. The van der Waals surface area contributed by atoms with E-state index in [2.05, 4.69) is 20.9 Å². The van der Waals surface area contributed by atoms with Gasteiger partial charge in [0.1, 0.15) is 5.82 Å². The van der Waals surface area contributed by atoms with Gasteiger partial charge in [0.25, 0.3) is 0 Å². The van der Waals surface area contributed by atoms with E-state index in [0.717, 1.165) is 15.4 Å². The molecule has 0 saturated heterocycles. The average molecular weight is 275 g/mol. The summed E-state index contributed by atoms with van der Waals surface area (Å²) in [6.07, 6.45) is 1.51. The first kappa shape index (κ1) is 9.87. The number of rotatable bonds is 0. The quantitative estimate of drug-likeness (QED) is 0.705. The minimum atomic E-state index is -0.281. The lowest BCUT2D eigenvalue weighted by molar-refractivity contribution is 0.628. The van der Waals surface area contributed by atoms with Crippen molar-refractivity contribution in [3.05, 3.63) is 39.2 Å². The second kappa shape index (κ2) is 3.48. The molecule has 72 valence electrons. The van der Waals surface area contributed by atoms with E-state index in [0.29, 0.717) is 10.5 Å². The van der Waals surface area contributed by atoms with Gasteiger partial charge in [-0.1, -0.05) is 11.6 Å². The Kier molecular flexibility index (Phi) is 2.45. The number of hydrogen-bond acceptors (Lipinski definition) is 1. The van der Waals surface area contributed by atoms with Crippen LogP contribution in [0.5, 0.6) is 0 Å². The number of aromatic nitrogens is 1. The summed E-state index contributed by atoms with van der Waals surface area (Å²) in [4.78, 5) is 4.06. The predicted molar refractivity (Wildman–Crippen MR) is 59.1 cm³/mol. The molecule has 14 heavy (non-hydrogen) atoms. The Labute approximate surface area is 94.0 Å². The molecule has 0 amide bonds. The van der Waals surface area contributed by atoms with Crippen LogP contribution in [-0.2, 0) is 0 Å². The number of hydrogen-bond donors (Lipinski definition) is 0. The van der Waals surface area contributed by atoms with Crippen LogP contribution in [0.2, 0.25) is 5.02 Å². The molecule has 1 aromatic heterocycles. The molecule has 0 saturated carbocycles. The normalized spacial score (nSPS) is 10.9. The lowest BCUT2D eigenvalue weighted by atomic mass is 10.1. The Hall–Kier alpha value is -0.670. The summed E-state index contributed by atoms with van der Waals surface area (Å²) in [6.45, 7) is 1.83. The Morgan fingerprint density at radius 2 is 2.14 bits per heavy atom. The molecular weight excluding hydrogens is 268 g/mol. The summed E-state index contributed by atoms with van der Waals surface area (Å²) >= 11 is 9.26. The summed E-state index contributed by atoms with van der Waals surface area (Å²) < 4.78 is 13.8. The molecule has 1 nitrogen and oxygen atoms in total. The summed E-state index contributed by atoms with van der Waals surface area (Å²) in [5.41, 5.74) is 1.43. The SMILES string of the molecule is Cc1cc(F)cc2ncc(Cl)c(Br)c12. The molecule has 4 heteroatoms. The largest absolute Gasteiger partial charge is 0.255 e. The van der Waals surface area contributed by atoms with Crippen LogP contribution < -0.4 is 0 Å². The molecule has 0 aliphatic rings. The molecule has 0 bridgehead atoms. The van der Waals surface area contributed by atoms with Crippen LogP contribution in [0, 0.1) is 12.7 Å². The van der Waals surface area contributed by atoms with E-state index in [4.69, 9.17) is 11.6 Å². The third kappa shape index (κ3) is 1.51. The zero-order chi connectivity index (χ0) is 10.3. The van der Waals surface area contributed by atoms with Crippen molar-refractivity contribution in [3.8, 4) is 0 Å². The lowest BCUT2D eigenvalue weighted by Crippen LogP contribution is -1.87. The minimum Gasteiger partial charge on any atom is -0.255 e. The van der Waals surface area contributed by atoms with Gasteiger partial charge < -0.3 is 0 Å². The average Bonchev–Trinajstić information content (AvgIpc) is 2.10. The van der Waals surface area contributed by atoms with Crippen LogP contribution in [-0.4, -0.2) is 4.98 Å². The standard InChI is InChI=1S/C10H6BrClFN/c1-5-2-6(13)3-8-9(5)10(11)7(12)4-14-8/h2-4H,1H3. The Bertz CT molecular complexity index is 513. The molecule has 2 aromatic rings. The maximum atomic E-state index is 13.0. The smallest absolute Gasteiger partial charge is 0.125 e. The molecular formula is C10H6BrClFN. The summed E-state index contributed by atoms with van der Waals surface area (Å²) in [7, 11) is 0. The molecule has 0 N–H and O–H groups in total. The number of aryl methyl sites for hydroxylation is 1. The highest BCUT2D eigenvalue weighted by atomic mass is 79.9. The highest BCUT2D eigenvalue weighted by Gasteiger charge is 2.08. The van der Waals surface area contributed by atoms with Crippen LogP contribution >= 0.6 is 27.5 Å². The van der Waals surface area contributed by atoms with E-state index in [1.807, 2.05) is 6.92 Å². The fourth-order valence-electron chi connectivity index (χ4n) is 1.42. The van der Waals surface area contributed by atoms with Gasteiger partial charge in [0.15, 0.2) is 0 Å². The van der Waals surface area contributed by atoms with Crippen molar-refractivity contribution in [1.82, 2.24) is 4.98 Å². The van der Waals surface area contributed by atoms with E-state index in [9.17, 15) is 4.39 Å². The summed E-state index contributed by atoms with van der Waals surface area (Å²) in [5, 5.41) is 1.39. The van der Waals surface area contributed by atoms with Crippen LogP contribution in [0.25, 0.3) is 10.9 Å². The maximum absolute atomic E-state index is 13.0. The molecule has 2 rings (SSSR count). The van der Waals surface area contributed by atoms with Crippen molar-refractivity contribution in [1.29, 1.82) is 0 Å². The fraction of sp³-hybridized carbons (Fsp3) is 0.100. The van der Waals surface area contributed by atoms with Crippen molar-refractivity contribution in [2.75, 3.05) is 0 Å². The van der Waals surface area contributed by atoms with E-state index >= 15 is 0 Å². The van der Waals surface area contributed by atoms with Gasteiger partial charge in [0, 0.05) is 22.1 Å². The van der Waals surface area contributed by atoms with Crippen LogP contribution in [0.4, 0.5) is 4.39 Å². The monoisotopic (exact) mass is 273 g/mol. The van der Waals surface area contributed by atoms with Crippen molar-refractivity contribution in [2.24, 2.45) is 0 Å². The van der Waals surface area contributed by atoms with Gasteiger partial charge in [-0.25, -0.2) is 4.39 Å². The van der Waals surface area contributed by atoms with Gasteiger partial charge >= 0.3 is 0 Å². The van der Waals surface area contributed by atoms with Crippen molar-refractivity contribution in [3.63, 3.8) is 0 Å². The van der Waals surface area contributed by atoms with E-state index in [-0.39, 0.29) is 5.82 Å². The predicted octanol–water partition coefficient (Wildman–Crippen LogP) is 4.10. The van der Waals surface area contributed by atoms with E-state index in [1.165, 1.54) is 18.3 Å². The van der Waals surface area contributed by atoms with Gasteiger partial charge in [-0.2, -0.15) is 0 Å². The van der Waals surface area contributed by atoms with Gasteiger partial charge in [0.05, 0.1) is 10.5 Å². The second-order valence-electron chi connectivity index (χ2n) is 3.04. The summed E-state index contributed by atoms with van der Waals surface area (Å²) in [6, 6.07) is 2.86. The molecule has 1 aromatic carbocycles. The lowest BCUT2D eigenvalue weighted by Gasteiger charge is -2.05. The Morgan fingerprint density at radius 3 is 2.86 bits per heavy atom. The molecule has 0 aliphatic heterocycles. The molecule has 1 heterocycles. The Balaban J connectivity index is 2.95. The topological polar surface area (TPSA) is 12.9 Å². The first-order valence-corrected chi connectivity index (χ1v) is 5.16. The molecule has 0 atom stereocenters. The van der Waals surface area contributed by atoms with Crippen molar-refractivity contribution < 1.29 is 4.39 Å². The molecule has 0 unspecified atom stereocenters. The first-order valence-electron chi connectivity index (χ1n) is 3.99. The number of pyridine rings is 1. The van der Waals surface area contributed by atoms with Crippen LogP contribution in [0.1, 0.15) is 5.56 Å². The number of halogens is 3. The third-order valence-corrected chi connectivity index (χ3v) is 3.36. The number of nitrogens with zero attached hydrogens (tertiary/aromatic N) is 1. The van der Waals surface area contributed by atoms with Crippen molar-refractivity contribution in [2.45, 2.75) is 6.92 Å². The number of benzene rings is 1. The minimum absolute atomic E-state index is 0.281. The third-order valence-electron chi connectivity index (χ3n) is 2.03. The van der Waals surface area contributed by atoms with E-state index < -0.39 is 0 Å². The van der Waals surface area contributed by atoms with Crippen LogP contribution in [0.15, 0.2) is 22.8 Å². The first-order chi connectivity index (χ1) is 6.59. The van der Waals surface area contributed by atoms with Gasteiger partial charge in [-0.05, 0) is 34.5 Å². The highest BCUT2D eigenvalue weighted by molar-refractivity contribution is 9.10. The van der Waals surface area contributed by atoms with Gasteiger partial charge in [0.2, 0.25) is 0 Å². The molecule has 0 fully saturated rings. The number of fused-ring (bicyclic) bond motifs is 1. The maximum Gasteiger partial charge on any atom is 0.125 e. The summed E-state index contributed by atoms with van der Waals surface area (Å²) in [5.74, 6) is -0.281.